The van der Waals surface area contributed by atoms with Crippen LogP contribution in [0.3, 0.4) is 0 Å². The smallest absolute Gasteiger partial charge is 0.409 e. The molecule has 0 spiro atoms. The van der Waals surface area contributed by atoms with Crippen molar-refractivity contribution >= 4 is 84.1 Å². The first-order chi connectivity index (χ1) is 22.9. The number of rotatable bonds is 5. The Kier molecular flexibility index (Phi) is 7.39. The van der Waals surface area contributed by atoms with Gasteiger partial charge in [0.05, 0.1) is 10.4 Å². The van der Waals surface area contributed by atoms with E-state index < -0.39 is 6.09 Å². The van der Waals surface area contributed by atoms with Crippen molar-refractivity contribution in [2.75, 3.05) is 48.8 Å². The summed E-state index contributed by atoms with van der Waals surface area (Å²) in [4.78, 5) is 50.2. The summed E-state index contributed by atoms with van der Waals surface area (Å²) in [6.45, 7) is 5.01. The highest BCUT2D eigenvalue weighted by atomic mass is 35.5. The molecule has 10 nitrogen and oxygen atoms in total. The molecule has 12 heteroatoms. The van der Waals surface area contributed by atoms with E-state index in [0.29, 0.717) is 54.0 Å². The van der Waals surface area contributed by atoms with Crippen molar-refractivity contribution in [3.63, 3.8) is 0 Å². The summed E-state index contributed by atoms with van der Waals surface area (Å²) in [5.74, 6) is 0.232. The maximum Gasteiger partial charge on any atom is 0.415 e. The number of para-hydroxylation sites is 1. The minimum Gasteiger partial charge on any atom is -0.409 e. The quantitative estimate of drug-likeness (QED) is 0.151. The molecule has 0 bridgehead atoms. The number of anilines is 2. The van der Waals surface area contributed by atoms with Gasteiger partial charge in [-0.15, -0.1) is 22.9 Å². The zero-order valence-corrected chi connectivity index (χ0v) is 27.1. The Bertz CT molecular complexity index is 2180. The van der Waals surface area contributed by atoms with E-state index in [1.165, 1.54) is 11.3 Å². The second kappa shape index (κ2) is 11.8. The van der Waals surface area contributed by atoms with E-state index in [1.54, 1.807) is 21.9 Å². The molecule has 6 aromatic rings. The van der Waals surface area contributed by atoms with Gasteiger partial charge in [-0.2, -0.15) is 0 Å². The van der Waals surface area contributed by atoms with Crippen molar-refractivity contribution in [1.82, 2.24) is 20.2 Å². The number of nitrogens with one attached hydrogen (secondary N) is 4. The highest BCUT2D eigenvalue weighted by Crippen LogP contribution is 2.49. The van der Waals surface area contributed by atoms with E-state index in [0.717, 1.165) is 56.1 Å². The molecule has 3 aromatic carbocycles. The number of carbonyl (C=O) groups is 3. The first kappa shape index (κ1) is 29.6. The number of aromatic nitrogens is 2. The lowest BCUT2D eigenvalue weighted by molar-refractivity contribution is 0.0982. The van der Waals surface area contributed by atoms with Gasteiger partial charge in [0.15, 0.2) is 5.75 Å². The molecule has 8 rings (SSSR count). The number of aromatic amines is 2. The molecule has 1 fully saturated rings. The van der Waals surface area contributed by atoms with Crippen LogP contribution < -0.4 is 20.3 Å². The van der Waals surface area contributed by atoms with Crippen LogP contribution in [0.4, 0.5) is 16.2 Å². The summed E-state index contributed by atoms with van der Waals surface area (Å²) in [5, 5.41) is 11.0. The molecule has 238 valence electrons. The Morgan fingerprint density at radius 1 is 0.979 bits per heavy atom. The van der Waals surface area contributed by atoms with Gasteiger partial charge < -0.3 is 35.1 Å². The number of aryl methyl sites for hydroxylation is 1. The second-order valence-corrected chi connectivity index (χ2v) is 13.2. The SMILES string of the molecule is Cc1csc2c(OC(=O)N3CCNCC3)cc3c(c12)C(CCl)CN3C(=O)c1cc2cc(NC(=O)c3cc4ccccc4[nH]3)ccc2[nH]1. The fourth-order valence-electron chi connectivity index (χ4n) is 6.67. The van der Waals surface area contributed by atoms with Gasteiger partial charge in [0.25, 0.3) is 11.8 Å². The number of thiophene rings is 1. The third kappa shape index (κ3) is 5.20. The Morgan fingerprint density at radius 3 is 2.55 bits per heavy atom. The molecular formula is C35H31ClN6O4S. The van der Waals surface area contributed by atoms with E-state index in [1.807, 2.05) is 55.5 Å². The number of halogens is 1. The van der Waals surface area contributed by atoms with Gasteiger partial charge in [-0.25, -0.2) is 4.79 Å². The highest BCUT2D eigenvalue weighted by molar-refractivity contribution is 7.17. The Morgan fingerprint density at radius 2 is 1.74 bits per heavy atom. The average Bonchev–Trinajstić information content (AvgIpc) is 3.88. The minimum atomic E-state index is -0.397. The van der Waals surface area contributed by atoms with Crippen LogP contribution in [0, 0.1) is 6.92 Å². The van der Waals surface area contributed by atoms with E-state index in [-0.39, 0.29) is 17.7 Å². The maximum absolute atomic E-state index is 14.2. The number of alkyl halides is 1. The van der Waals surface area contributed by atoms with E-state index >= 15 is 0 Å². The first-order valence-electron chi connectivity index (χ1n) is 15.5. The number of H-pyrrole nitrogens is 2. The molecule has 2 aliphatic rings. The topological polar surface area (TPSA) is 123 Å². The largest absolute Gasteiger partial charge is 0.415 e. The lowest BCUT2D eigenvalue weighted by atomic mass is 9.97. The zero-order chi connectivity index (χ0) is 32.2. The molecule has 2 aliphatic heterocycles. The normalized spacial score (nSPS) is 16.3. The number of hydrogen-bond acceptors (Lipinski definition) is 6. The molecule has 0 radical (unpaired) electrons. The summed E-state index contributed by atoms with van der Waals surface area (Å²) in [6.07, 6.45) is -0.397. The molecular weight excluding hydrogens is 636 g/mol. The molecule has 5 heterocycles. The molecule has 0 aliphatic carbocycles. The van der Waals surface area contributed by atoms with Crippen LogP contribution in [0.1, 0.15) is 38.0 Å². The third-order valence-corrected chi connectivity index (χ3v) is 10.5. The van der Waals surface area contributed by atoms with Gasteiger partial charge in [0.2, 0.25) is 0 Å². The fourth-order valence-corrected chi connectivity index (χ4v) is 7.94. The second-order valence-electron chi connectivity index (χ2n) is 12.0. The standard InChI is InChI=1S/C35H31ClN6O4S/c1-19-18-47-32-29(46-35(45)41-10-8-37-9-11-41)15-28-31(30(19)32)22(16-36)17-42(28)34(44)27-14-21-12-23(6-7-25(21)40-27)38-33(43)26-13-20-4-2-3-5-24(20)39-26/h2-7,12-15,18,22,37,39-40H,8-11,16-17H2,1H3,(H,38,43). The predicted octanol–water partition coefficient (Wildman–Crippen LogP) is 6.81. The van der Waals surface area contributed by atoms with E-state index in [4.69, 9.17) is 16.3 Å². The molecule has 1 atom stereocenters. The molecule has 3 amide bonds. The van der Waals surface area contributed by atoms with Gasteiger partial charge in [-0.1, -0.05) is 18.2 Å². The van der Waals surface area contributed by atoms with Crippen LogP contribution in [-0.4, -0.2) is 71.4 Å². The number of nitrogens with zero attached hydrogens (tertiary/aromatic N) is 2. The zero-order valence-electron chi connectivity index (χ0n) is 25.5. The summed E-state index contributed by atoms with van der Waals surface area (Å²) in [5.41, 5.74) is 5.89. The molecule has 1 saturated heterocycles. The Labute approximate surface area is 278 Å². The van der Waals surface area contributed by atoms with Crippen molar-refractivity contribution in [3.8, 4) is 5.75 Å². The number of benzene rings is 3. The van der Waals surface area contributed by atoms with Crippen LogP contribution >= 0.6 is 22.9 Å². The van der Waals surface area contributed by atoms with Gasteiger partial charge in [-0.05, 0) is 59.8 Å². The highest BCUT2D eigenvalue weighted by Gasteiger charge is 2.37. The summed E-state index contributed by atoms with van der Waals surface area (Å²) < 4.78 is 6.88. The third-order valence-electron chi connectivity index (χ3n) is 9.00. The number of fused-ring (bicyclic) bond motifs is 5. The van der Waals surface area contributed by atoms with Crippen molar-refractivity contribution in [3.05, 3.63) is 88.6 Å². The predicted molar refractivity (Wildman–Crippen MR) is 187 cm³/mol. The summed E-state index contributed by atoms with van der Waals surface area (Å²) in [6, 6.07) is 18.6. The van der Waals surface area contributed by atoms with Crippen LogP contribution in [0.5, 0.6) is 5.75 Å². The van der Waals surface area contributed by atoms with Crippen LogP contribution in [0.15, 0.2) is 66.0 Å². The van der Waals surface area contributed by atoms with Gasteiger partial charge >= 0.3 is 6.09 Å². The van der Waals surface area contributed by atoms with Gasteiger partial charge in [0, 0.05) is 83.5 Å². The molecule has 3 aromatic heterocycles. The number of ether oxygens (including phenoxy) is 1. The number of carbonyl (C=O) groups excluding carboxylic acids is 3. The maximum atomic E-state index is 14.2. The van der Waals surface area contributed by atoms with Crippen molar-refractivity contribution in [2.24, 2.45) is 0 Å². The fraction of sp³-hybridized carbons (Fsp3) is 0.229. The molecule has 1 unspecified atom stereocenters. The monoisotopic (exact) mass is 666 g/mol. The van der Waals surface area contributed by atoms with Crippen molar-refractivity contribution in [2.45, 2.75) is 12.8 Å². The van der Waals surface area contributed by atoms with Crippen LogP contribution in [0.25, 0.3) is 31.9 Å². The van der Waals surface area contributed by atoms with Crippen molar-refractivity contribution < 1.29 is 19.1 Å². The van der Waals surface area contributed by atoms with E-state index in [2.05, 4.69) is 26.0 Å². The molecule has 0 saturated carbocycles. The van der Waals surface area contributed by atoms with Gasteiger partial charge in [-0.3, -0.25) is 9.59 Å². The number of amides is 3. The Balaban J connectivity index is 1.09. The lowest BCUT2D eigenvalue weighted by Crippen LogP contribution is -2.47. The summed E-state index contributed by atoms with van der Waals surface area (Å²) in [7, 11) is 0. The molecule has 4 N–H and O–H groups in total. The van der Waals surface area contributed by atoms with Crippen LogP contribution in [-0.2, 0) is 0 Å². The Hall–Kier alpha value is -4.84. The molecule has 47 heavy (non-hydrogen) atoms. The number of piperazine rings is 1. The lowest BCUT2D eigenvalue weighted by Gasteiger charge is -2.26. The summed E-state index contributed by atoms with van der Waals surface area (Å²) >= 11 is 8.04. The van der Waals surface area contributed by atoms with Crippen molar-refractivity contribution in [1.29, 1.82) is 0 Å². The number of hydrogen-bond donors (Lipinski definition) is 4. The van der Waals surface area contributed by atoms with E-state index in [9.17, 15) is 14.4 Å². The average molecular weight is 667 g/mol. The van der Waals surface area contributed by atoms with Crippen LogP contribution in [0.2, 0.25) is 0 Å². The minimum absolute atomic E-state index is 0.0832. The van der Waals surface area contributed by atoms with Gasteiger partial charge in [0.1, 0.15) is 11.4 Å². The first-order valence-corrected chi connectivity index (χ1v) is 16.9.